The van der Waals surface area contributed by atoms with Crippen LogP contribution in [0.15, 0.2) is 36.4 Å². The van der Waals surface area contributed by atoms with E-state index in [0.29, 0.717) is 6.42 Å². The topological polar surface area (TPSA) is 20.2 Å². The molecule has 0 saturated carbocycles. The maximum Gasteiger partial charge on any atom is 0.0833 e. The van der Waals surface area contributed by atoms with Crippen molar-refractivity contribution in [2.75, 3.05) is 0 Å². The van der Waals surface area contributed by atoms with Crippen LogP contribution in [0.25, 0.3) is 0 Å². The van der Waals surface area contributed by atoms with Gasteiger partial charge in [-0.1, -0.05) is 42.0 Å². The predicted octanol–water partition coefficient (Wildman–Crippen LogP) is 4.20. The number of benzene rings is 2. The Morgan fingerprint density at radius 2 is 1.53 bits per heavy atom. The van der Waals surface area contributed by atoms with E-state index in [0.717, 1.165) is 5.56 Å². The second-order valence-corrected chi connectivity index (χ2v) is 5.45. The van der Waals surface area contributed by atoms with Crippen molar-refractivity contribution in [1.29, 1.82) is 0 Å². The van der Waals surface area contributed by atoms with Crippen molar-refractivity contribution in [2.24, 2.45) is 0 Å². The molecular formula is C18H22O. The number of aryl methyl sites for hydroxylation is 4. The predicted molar refractivity (Wildman–Crippen MR) is 80.5 cm³/mol. The van der Waals surface area contributed by atoms with E-state index in [1.807, 2.05) is 6.07 Å². The zero-order chi connectivity index (χ0) is 14.0. The highest BCUT2D eigenvalue weighted by atomic mass is 16.3. The van der Waals surface area contributed by atoms with Crippen molar-refractivity contribution in [2.45, 2.75) is 40.2 Å². The minimum Gasteiger partial charge on any atom is -0.388 e. The molecule has 0 saturated heterocycles. The average Bonchev–Trinajstić information content (AvgIpc) is 2.33. The molecule has 1 heteroatoms. The van der Waals surface area contributed by atoms with E-state index in [2.05, 4.69) is 58.0 Å². The maximum absolute atomic E-state index is 10.5. The van der Waals surface area contributed by atoms with Crippen molar-refractivity contribution in [3.8, 4) is 0 Å². The molecular weight excluding hydrogens is 232 g/mol. The monoisotopic (exact) mass is 254 g/mol. The Hall–Kier alpha value is -1.60. The van der Waals surface area contributed by atoms with Crippen LogP contribution in [-0.4, -0.2) is 5.11 Å². The van der Waals surface area contributed by atoms with E-state index in [4.69, 9.17) is 0 Å². The van der Waals surface area contributed by atoms with Gasteiger partial charge in [-0.25, -0.2) is 0 Å². The summed E-state index contributed by atoms with van der Waals surface area (Å²) in [6.45, 7) is 8.36. The normalized spacial score (nSPS) is 12.5. The smallest absolute Gasteiger partial charge is 0.0833 e. The fourth-order valence-electron chi connectivity index (χ4n) is 2.67. The van der Waals surface area contributed by atoms with Gasteiger partial charge in [0.1, 0.15) is 0 Å². The molecule has 0 spiro atoms. The van der Waals surface area contributed by atoms with E-state index in [1.54, 1.807) is 0 Å². The van der Waals surface area contributed by atoms with E-state index in [-0.39, 0.29) is 0 Å². The number of aliphatic hydroxyl groups excluding tert-OH is 1. The first kappa shape index (κ1) is 13.8. The van der Waals surface area contributed by atoms with Gasteiger partial charge in [0, 0.05) is 6.42 Å². The van der Waals surface area contributed by atoms with Crippen LogP contribution in [0.4, 0.5) is 0 Å². The largest absolute Gasteiger partial charge is 0.388 e. The molecule has 0 aliphatic rings. The van der Waals surface area contributed by atoms with Crippen LogP contribution in [0.2, 0.25) is 0 Å². The maximum atomic E-state index is 10.5. The second kappa shape index (κ2) is 5.58. The van der Waals surface area contributed by atoms with Gasteiger partial charge >= 0.3 is 0 Å². The average molecular weight is 254 g/mol. The molecule has 0 aliphatic carbocycles. The number of aliphatic hydroxyl groups is 1. The standard InChI is InChI=1S/C18H22O/c1-12-8-9-16(15(4)10-12)18(19)11-17-13(2)6-5-7-14(17)3/h5-10,18-19H,11H2,1-4H3. The molecule has 0 amide bonds. The molecule has 0 fully saturated rings. The third kappa shape index (κ3) is 3.05. The van der Waals surface area contributed by atoms with Gasteiger partial charge in [-0.05, 0) is 55.5 Å². The zero-order valence-corrected chi connectivity index (χ0v) is 12.2. The summed E-state index contributed by atoms with van der Waals surface area (Å²) < 4.78 is 0. The summed E-state index contributed by atoms with van der Waals surface area (Å²) in [5, 5.41) is 10.5. The van der Waals surface area contributed by atoms with Crippen molar-refractivity contribution >= 4 is 0 Å². The second-order valence-electron chi connectivity index (χ2n) is 5.45. The van der Waals surface area contributed by atoms with E-state index in [9.17, 15) is 5.11 Å². The lowest BCUT2D eigenvalue weighted by atomic mass is 9.92. The molecule has 1 atom stereocenters. The van der Waals surface area contributed by atoms with Crippen molar-refractivity contribution in [1.82, 2.24) is 0 Å². The Labute approximate surface area is 115 Å². The third-order valence-corrected chi connectivity index (χ3v) is 3.83. The summed E-state index contributed by atoms with van der Waals surface area (Å²) in [6.07, 6.45) is 0.253. The van der Waals surface area contributed by atoms with E-state index >= 15 is 0 Å². The van der Waals surface area contributed by atoms with Gasteiger partial charge < -0.3 is 5.11 Å². The molecule has 0 aromatic heterocycles. The fourth-order valence-corrected chi connectivity index (χ4v) is 2.67. The molecule has 2 rings (SSSR count). The molecule has 100 valence electrons. The van der Waals surface area contributed by atoms with Gasteiger partial charge in [0.25, 0.3) is 0 Å². The third-order valence-electron chi connectivity index (χ3n) is 3.83. The number of hydrogen-bond acceptors (Lipinski definition) is 1. The molecule has 19 heavy (non-hydrogen) atoms. The molecule has 1 N–H and O–H groups in total. The van der Waals surface area contributed by atoms with Crippen molar-refractivity contribution in [3.05, 3.63) is 69.8 Å². The van der Waals surface area contributed by atoms with Crippen LogP contribution in [0.3, 0.4) is 0 Å². The highest BCUT2D eigenvalue weighted by Gasteiger charge is 2.13. The Morgan fingerprint density at radius 3 is 2.11 bits per heavy atom. The lowest BCUT2D eigenvalue weighted by molar-refractivity contribution is 0.177. The van der Waals surface area contributed by atoms with Crippen LogP contribution in [-0.2, 0) is 6.42 Å². The highest BCUT2D eigenvalue weighted by Crippen LogP contribution is 2.25. The Balaban J connectivity index is 2.28. The zero-order valence-electron chi connectivity index (χ0n) is 12.2. The summed E-state index contributed by atoms with van der Waals surface area (Å²) in [7, 11) is 0. The van der Waals surface area contributed by atoms with Crippen LogP contribution in [0, 0.1) is 27.7 Å². The molecule has 1 nitrogen and oxygen atoms in total. The summed E-state index contributed by atoms with van der Waals surface area (Å²) >= 11 is 0. The summed E-state index contributed by atoms with van der Waals surface area (Å²) in [4.78, 5) is 0. The minimum absolute atomic E-state index is 0.430. The molecule has 0 bridgehead atoms. The first-order chi connectivity index (χ1) is 8.99. The molecule has 0 aliphatic heterocycles. The summed E-state index contributed by atoms with van der Waals surface area (Å²) in [5.74, 6) is 0. The molecule has 0 heterocycles. The van der Waals surface area contributed by atoms with E-state index < -0.39 is 6.10 Å². The molecule has 2 aromatic carbocycles. The van der Waals surface area contributed by atoms with Gasteiger partial charge in [0.05, 0.1) is 6.10 Å². The van der Waals surface area contributed by atoms with Gasteiger partial charge in [0.2, 0.25) is 0 Å². The molecule has 1 unspecified atom stereocenters. The molecule has 2 aromatic rings. The van der Waals surface area contributed by atoms with Crippen LogP contribution < -0.4 is 0 Å². The number of hydrogen-bond donors (Lipinski definition) is 1. The Morgan fingerprint density at radius 1 is 0.895 bits per heavy atom. The first-order valence-corrected chi connectivity index (χ1v) is 6.79. The fraction of sp³-hybridized carbons (Fsp3) is 0.333. The summed E-state index contributed by atoms with van der Waals surface area (Å²) in [5.41, 5.74) is 7.20. The van der Waals surface area contributed by atoms with Gasteiger partial charge in [-0.2, -0.15) is 0 Å². The van der Waals surface area contributed by atoms with Gasteiger partial charge in [-0.3, -0.25) is 0 Å². The first-order valence-electron chi connectivity index (χ1n) is 6.79. The highest BCUT2D eigenvalue weighted by molar-refractivity contribution is 5.37. The summed E-state index contributed by atoms with van der Waals surface area (Å²) in [6, 6.07) is 12.5. The van der Waals surface area contributed by atoms with Crippen LogP contribution in [0.1, 0.15) is 39.5 Å². The Kier molecular flexibility index (Phi) is 4.06. The lowest BCUT2D eigenvalue weighted by Gasteiger charge is -2.17. The van der Waals surface area contributed by atoms with Crippen molar-refractivity contribution < 1.29 is 5.11 Å². The lowest BCUT2D eigenvalue weighted by Crippen LogP contribution is -2.06. The molecule has 0 radical (unpaired) electrons. The van der Waals surface area contributed by atoms with Gasteiger partial charge in [0.15, 0.2) is 0 Å². The van der Waals surface area contributed by atoms with Crippen LogP contribution in [0.5, 0.6) is 0 Å². The quantitative estimate of drug-likeness (QED) is 0.870. The minimum atomic E-state index is -0.430. The number of rotatable bonds is 3. The van der Waals surface area contributed by atoms with Crippen molar-refractivity contribution in [3.63, 3.8) is 0 Å². The van der Waals surface area contributed by atoms with Gasteiger partial charge in [-0.15, -0.1) is 0 Å². The SMILES string of the molecule is Cc1ccc(C(O)Cc2c(C)cccc2C)c(C)c1. The van der Waals surface area contributed by atoms with Crippen LogP contribution >= 0.6 is 0 Å². The van der Waals surface area contributed by atoms with E-state index in [1.165, 1.54) is 27.8 Å². The Bertz CT molecular complexity index is 564.